The number of carbonyl (C=O) groups is 1. The number of hydrogen-bond acceptors (Lipinski definition) is 5. The van der Waals surface area contributed by atoms with E-state index in [0.717, 1.165) is 37.6 Å². The molecule has 0 atom stereocenters. The molecule has 0 saturated carbocycles. The molecule has 0 radical (unpaired) electrons. The highest BCUT2D eigenvalue weighted by Crippen LogP contribution is 2.23. The van der Waals surface area contributed by atoms with Crippen LogP contribution in [0.5, 0.6) is 0 Å². The smallest absolute Gasteiger partial charge is 0.224 e. The lowest BCUT2D eigenvalue weighted by Gasteiger charge is -2.32. The Morgan fingerprint density at radius 2 is 1.83 bits per heavy atom. The summed E-state index contributed by atoms with van der Waals surface area (Å²) in [5.74, 6) is 1.27. The summed E-state index contributed by atoms with van der Waals surface area (Å²) in [7, 11) is 3.85. The van der Waals surface area contributed by atoms with Crippen LogP contribution in [0.25, 0.3) is 0 Å². The Kier molecular flexibility index (Phi) is 3.79. The summed E-state index contributed by atoms with van der Waals surface area (Å²) in [6.07, 6.45) is 5.59. The van der Waals surface area contributed by atoms with E-state index in [9.17, 15) is 4.79 Å². The molecule has 1 aromatic rings. The van der Waals surface area contributed by atoms with Gasteiger partial charge in [0.25, 0.3) is 0 Å². The van der Waals surface area contributed by atoms with Crippen molar-refractivity contribution in [3.63, 3.8) is 0 Å². The maximum Gasteiger partial charge on any atom is 0.224 e. The van der Waals surface area contributed by atoms with E-state index in [4.69, 9.17) is 0 Å². The van der Waals surface area contributed by atoms with Gasteiger partial charge in [0, 0.05) is 33.1 Å². The molecule has 0 bridgehead atoms. The van der Waals surface area contributed by atoms with Gasteiger partial charge in [-0.15, -0.1) is 0 Å². The van der Waals surface area contributed by atoms with E-state index in [1.807, 2.05) is 31.4 Å². The van der Waals surface area contributed by atoms with Gasteiger partial charge in [-0.3, -0.25) is 4.79 Å². The van der Waals surface area contributed by atoms with Gasteiger partial charge in [0.15, 0.2) is 0 Å². The summed E-state index contributed by atoms with van der Waals surface area (Å²) >= 11 is 0. The zero-order valence-electron chi connectivity index (χ0n) is 11.3. The van der Waals surface area contributed by atoms with E-state index in [1.54, 1.807) is 6.92 Å². The molecule has 2 heterocycles. The van der Waals surface area contributed by atoms with Crippen LogP contribution in [-0.2, 0) is 4.79 Å². The molecule has 1 aliphatic heterocycles. The summed E-state index contributed by atoms with van der Waals surface area (Å²) in [6.45, 7) is 3.51. The van der Waals surface area contributed by atoms with Crippen LogP contribution in [0.1, 0.15) is 19.8 Å². The first-order valence-electron chi connectivity index (χ1n) is 6.32. The van der Waals surface area contributed by atoms with E-state index in [1.165, 1.54) is 0 Å². The Hall–Kier alpha value is -1.65. The fourth-order valence-corrected chi connectivity index (χ4v) is 2.25. The zero-order chi connectivity index (χ0) is 13.1. The quantitative estimate of drug-likeness (QED) is 0.808. The summed E-state index contributed by atoms with van der Waals surface area (Å²) in [6, 6.07) is 0. The first-order valence-corrected chi connectivity index (χ1v) is 6.32. The predicted octanol–water partition coefficient (Wildman–Crippen LogP) is 1.35. The molecule has 98 valence electrons. The van der Waals surface area contributed by atoms with E-state index in [0.29, 0.717) is 5.78 Å². The molecule has 0 unspecified atom stereocenters. The van der Waals surface area contributed by atoms with Crippen LogP contribution in [0.3, 0.4) is 0 Å². The lowest BCUT2D eigenvalue weighted by atomic mass is 9.93. The third-order valence-corrected chi connectivity index (χ3v) is 3.46. The number of aromatic nitrogens is 2. The van der Waals surface area contributed by atoms with Crippen LogP contribution in [-0.4, -0.2) is 42.9 Å². The average molecular weight is 248 g/mol. The highest BCUT2D eigenvalue weighted by atomic mass is 16.1. The molecule has 0 aliphatic carbocycles. The maximum absolute atomic E-state index is 11.3. The molecule has 5 heteroatoms. The summed E-state index contributed by atoms with van der Waals surface area (Å²) < 4.78 is 0. The number of piperidine rings is 1. The number of hydrogen-bond donors (Lipinski definition) is 0. The second-order valence-electron chi connectivity index (χ2n) is 5.01. The lowest BCUT2D eigenvalue weighted by molar-refractivity contribution is -0.121. The second-order valence-corrected chi connectivity index (χ2v) is 5.01. The van der Waals surface area contributed by atoms with Gasteiger partial charge in [-0.05, 0) is 19.8 Å². The first kappa shape index (κ1) is 12.8. The number of Topliss-reactive ketones (excluding diaryl/α,β-unsaturated/α-hetero) is 1. The van der Waals surface area contributed by atoms with E-state index in [-0.39, 0.29) is 5.92 Å². The van der Waals surface area contributed by atoms with E-state index in [2.05, 4.69) is 14.9 Å². The number of nitrogens with zero attached hydrogens (tertiary/aromatic N) is 4. The Morgan fingerprint density at radius 1 is 1.28 bits per heavy atom. The average Bonchev–Trinajstić information content (AvgIpc) is 2.39. The third kappa shape index (κ3) is 2.78. The van der Waals surface area contributed by atoms with Gasteiger partial charge in [0.2, 0.25) is 5.95 Å². The van der Waals surface area contributed by atoms with Crippen LogP contribution >= 0.6 is 0 Å². The van der Waals surface area contributed by atoms with Crippen molar-refractivity contribution in [3.05, 3.63) is 12.4 Å². The highest BCUT2D eigenvalue weighted by molar-refractivity contribution is 5.78. The number of ketones is 1. The van der Waals surface area contributed by atoms with Crippen molar-refractivity contribution in [1.82, 2.24) is 9.97 Å². The van der Waals surface area contributed by atoms with E-state index >= 15 is 0 Å². The molecule has 1 aliphatic rings. The Labute approximate surface area is 108 Å². The van der Waals surface area contributed by atoms with Gasteiger partial charge < -0.3 is 9.80 Å². The number of anilines is 2. The molecule has 1 fully saturated rings. The van der Waals surface area contributed by atoms with Crippen LogP contribution in [0.15, 0.2) is 12.4 Å². The second kappa shape index (κ2) is 5.33. The largest absolute Gasteiger partial charge is 0.369 e. The zero-order valence-corrected chi connectivity index (χ0v) is 11.3. The van der Waals surface area contributed by atoms with Gasteiger partial charge in [0.1, 0.15) is 5.78 Å². The minimum atomic E-state index is 0.239. The van der Waals surface area contributed by atoms with Crippen molar-refractivity contribution in [2.75, 3.05) is 37.0 Å². The summed E-state index contributed by atoms with van der Waals surface area (Å²) in [4.78, 5) is 24.1. The van der Waals surface area contributed by atoms with E-state index < -0.39 is 0 Å². The normalized spacial score (nSPS) is 16.7. The highest BCUT2D eigenvalue weighted by Gasteiger charge is 2.22. The van der Waals surface area contributed by atoms with Crippen LogP contribution < -0.4 is 9.80 Å². The van der Waals surface area contributed by atoms with Crippen molar-refractivity contribution in [2.45, 2.75) is 19.8 Å². The Bertz CT molecular complexity index is 408. The SMILES string of the molecule is CC(=O)C1CCN(c2cnc(N(C)C)nc2)CC1. The molecule has 0 spiro atoms. The molecule has 1 saturated heterocycles. The predicted molar refractivity (Wildman–Crippen MR) is 72.0 cm³/mol. The molecular formula is C13H20N4O. The molecule has 1 aromatic heterocycles. The monoisotopic (exact) mass is 248 g/mol. The van der Waals surface area contributed by atoms with Crippen molar-refractivity contribution >= 4 is 17.4 Å². The van der Waals surface area contributed by atoms with Crippen LogP contribution in [0.4, 0.5) is 11.6 Å². The number of carbonyl (C=O) groups excluding carboxylic acids is 1. The fourth-order valence-electron chi connectivity index (χ4n) is 2.25. The van der Waals surface area contributed by atoms with Gasteiger partial charge in [0.05, 0.1) is 18.1 Å². The summed E-state index contributed by atoms with van der Waals surface area (Å²) in [5, 5.41) is 0. The third-order valence-electron chi connectivity index (χ3n) is 3.46. The van der Waals surface area contributed by atoms with Crippen molar-refractivity contribution in [1.29, 1.82) is 0 Å². The summed E-state index contributed by atoms with van der Waals surface area (Å²) in [5.41, 5.74) is 1.04. The van der Waals surface area contributed by atoms with Crippen molar-refractivity contribution in [3.8, 4) is 0 Å². The first-order chi connectivity index (χ1) is 8.58. The van der Waals surface area contributed by atoms with Gasteiger partial charge in [-0.25, -0.2) is 9.97 Å². The number of rotatable bonds is 3. The molecule has 0 amide bonds. The van der Waals surface area contributed by atoms with Gasteiger partial charge in [-0.2, -0.15) is 0 Å². The Balaban J connectivity index is 1.99. The van der Waals surface area contributed by atoms with Crippen LogP contribution in [0, 0.1) is 5.92 Å². The van der Waals surface area contributed by atoms with Crippen molar-refractivity contribution in [2.24, 2.45) is 5.92 Å². The van der Waals surface area contributed by atoms with Gasteiger partial charge in [-0.1, -0.05) is 0 Å². The molecule has 5 nitrogen and oxygen atoms in total. The minimum Gasteiger partial charge on any atom is -0.369 e. The molecule has 18 heavy (non-hydrogen) atoms. The van der Waals surface area contributed by atoms with Gasteiger partial charge >= 0.3 is 0 Å². The molecule has 0 aromatic carbocycles. The standard InChI is InChI=1S/C13H20N4O/c1-10(18)11-4-6-17(7-5-11)12-8-14-13(15-9-12)16(2)3/h8-9,11H,4-7H2,1-3H3. The van der Waals surface area contributed by atoms with Crippen molar-refractivity contribution < 1.29 is 4.79 Å². The molecule has 0 N–H and O–H groups in total. The molecule has 2 rings (SSSR count). The van der Waals surface area contributed by atoms with Crippen LogP contribution in [0.2, 0.25) is 0 Å². The molecular weight excluding hydrogens is 228 g/mol. The minimum absolute atomic E-state index is 0.239. The fraction of sp³-hybridized carbons (Fsp3) is 0.615. The Morgan fingerprint density at radius 3 is 2.28 bits per heavy atom. The topological polar surface area (TPSA) is 49.3 Å². The lowest BCUT2D eigenvalue weighted by Crippen LogP contribution is -2.35. The maximum atomic E-state index is 11.3.